The van der Waals surface area contributed by atoms with Crippen molar-refractivity contribution in [2.75, 3.05) is 11.9 Å². The van der Waals surface area contributed by atoms with Crippen molar-refractivity contribution < 1.29 is 9.18 Å². The van der Waals surface area contributed by atoms with Crippen LogP contribution >= 0.6 is 0 Å². The molecule has 0 atom stereocenters. The molecule has 1 saturated carbocycles. The predicted octanol–water partition coefficient (Wildman–Crippen LogP) is 1.85. The number of pyridine rings is 1. The minimum Gasteiger partial charge on any atom is -0.368 e. The van der Waals surface area contributed by atoms with Crippen LogP contribution in [0.2, 0.25) is 0 Å². The third kappa shape index (κ3) is 3.30. The zero-order valence-electron chi connectivity index (χ0n) is 15.3. The number of aryl methyl sites for hydroxylation is 1. The van der Waals surface area contributed by atoms with Gasteiger partial charge in [-0.25, -0.2) is 4.39 Å². The van der Waals surface area contributed by atoms with Crippen molar-refractivity contribution in [3.05, 3.63) is 54.0 Å². The molecule has 3 aromatic rings. The second-order valence-corrected chi connectivity index (χ2v) is 7.06. The Morgan fingerprint density at radius 2 is 2.14 bits per heavy atom. The number of hydrogen-bond acceptors (Lipinski definition) is 6. The van der Waals surface area contributed by atoms with E-state index in [-0.39, 0.29) is 11.1 Å². The summed E-state index contributed by atoms with van der Waals surface area (Å²) in [6.45, 7) is 0.524. The van der Waals surface area contributed by atoms with E-state index in [1.54, 1.807) is 31.4 Å². The number of amides is 1. The first-order valence-electron chi connectivity index (χ1n) is 8.94. The second kappa shape index (κ2) is 6.99. The Labute approximate surface area is 161 Å². The predicted molar refractivity (Wildman–Crippen MR) is 101 cm³/mol. The summed E-state index contributed by atoms with van der Waals surface area (Å²) in [5.41, 5.74) is 7.19. The third-order valence-electron chi connectivity index (χ3n) is 5.10. The largest absolute Gasteiger partial charge is 0.368 e. The Kier molecular flexibility index (Phi) is 4.50. The summed E-state index contributed by atoms with van der Waals surface area (Å²) in [7, 11) is 1.70. The van der Waals surface area contributed by atoms with E-state index >= 15 is 0 Å². The molecule has 0 aromatic carbocycles. The van der Waals surface area contributed by atoms with Gasteiger partial charge in [-0.05, 0) is 43.2 Å². The van der Waals surface area contributed by atoms with Gasteiger partial charge in [0.2, 0.25) is 0 Å². The van der Waals surface area contributed by atoms with Gasteiger partial charge < -0.3 is 11.1 Å². The van der Waals surface area contributed by atoms with Gasteiger partial charge in [0, 0.05) is 30.9 Å². The molecular weight excluding hydrogens is 361 g/mol. The highest BCUT2D eigenvalue weighted by Gasteiger charge is 2.46. The van der Waals surface area contributed by atoms with Gasteiger partial charge >= 0.3 is 0 Å². The van der Waals surface area contributed by atoms with E-state index in [0.29, 0.717) is 36.6 Å². The van der Waals surface area contributed by atoms with E-state index in [1.807, 2.05) is 18.2 Å². The number of aromatic nitrogens is 5. The Morgan fingerprint density at radius 1 is 1.32 bits per heavy atom. The standard InChI is InChI=1S/C19H20FN7O/c1-27-15(8-14(26-27)18(21)28)13-5-6-17(25-24-13)23-11-19(9-12(20)10-19)16-4-2-3-7-22-16/h2-8,12H,9-11H2,1H3,(H2,21,28)(H,23,25). The van der Waals surface area contributed by atoms with E-state index in [2.05, 4.69) is 25.6 Å². The van der Waals surface area contributed by atoms with Crippen LogP contribution in [0.5, 0.6) is 0 Å². The van der Waals surface area contributed by atoms with Crippen LogP contribution in [0.1, 0.15) is 29.0 Å². The number of nitrogens with two attached hydrogens (primary N) is 1. The van der Waals surface area contributed by atoms with Crippen LogP contribution in [0.4, 0.5) is 10.2 Å². The molecular formula is C19H20FN7O. The number of nitrogens with one attached hydrogen (secondary N) is 1. The molecule has 3 N–H and O–H groups in total. The summed E-state index contributed by atoms with van der Waals surface area (Å²) >= 11 is 0. The number of carbonyl (C=O) groups is 1. The molecule has 9 heteroatoms. The van der Waals surface area contributed by atoms with Crippen LogP contribution in [0, 0.1) is 0 Å². The second-order valence-electron chi connectivity index (χ2n) is 7.06. The van der Waals surface area contributed by atoms with Crippen molar-refractivity contribution in [2.24, 2.45) is 12.8 Å². The molecule has 0 unspecified atom stereocenters. The maximum absolute atomic E-state index is 13.6. The third-order valence-corrected chi connectivity index (χ3v) is 5.10. The fourth-order valence-electron chi connectivity index (χ4n) is 3.56. The smallest absolute Gasteiger partial charge is 0.269 e. The average Bonchev–Trinajstić information content (AvgIpc) is 3.07. The van der Waals surface area contributed by atoms with Crippen LogP contribution in [0.25, 0.3) is 11.4 Å². The maximum atomic E-state index is 13.6. The summed E-state index contributed by atoms with van der Waals surface area (Å²) in [5.74, 6) is -0.0155. The number of halogens is 1. The van der Waals surface area contributed by atoms with Gasteiger partial charge in [0.1, 0.15) is 17.7 Å². The first-order chi connectivity index (χ1) is 13.5. The molecule has 0 saturated heterocycles. The number of hydrogen-bond donors (Lipinski definition) is 2. The lowest BCUT2D eigenvalue weighted by atomic mass is 9.65. The van der Waals surface area contributed by atoms with Crippen molar-refractivity contribution in [2.45, 2.75) is 24.4 Å². The molecule has 144 valence electrons. The number of carbonyl (C=O) groups excluding carboxylic acids is 1. The van der Waals surface area contributed by atoms with E-state index < -0.39 is 12.1 Å². The van der Waals surface area contributed by atoms with Gasteiger partial charge in [-0.3, -0.25) is 14.5 Å². The summed E-state index contributed by atoms with van der Waals surface area (Å²) in [5, 5.41) is 15.7. The van der Waals surface area contributed by atoms with Crippen LogP contribution in [0.15, 0.2) is 42.6 Å². The van der Waals surface area contributed by atoms with Crippen LogP contribution in [-0.2, 0) is 12.5 Å². The Balaban J connectivity index is 1.48. The zero-order chi connectivity index (χ0) is 19.7. The minimum atomic E-state index is -0.804. The first-order valence-corrected chi connectivity index (χ1v) is 8.94. The fourth-order valence-corrected chi connectivity index (χ4v) is 3.56. The summed E-state index contributed by atoms with van der Waals surface area (Å²) in [6.07, 6.45) is 1.80. The lowest BCUT2D eigenvalue weighted by Gasteiger charge is -2.43. The molecule has 1 aliphatic carbocycles. The Bertz CT molecular complexity index is 981. The lowest BCUT2D eigenvalue weighted by Crippen LogP contribution is -2.48. The van der Waals surface area contributed by atoms with Crippen molar-refractivity contribution in [1.82, 2.24) is 25.0 Å². The lowest BCUT2D eigenvalue weighted by molar-refractivity contribution is 0.0991. The number of rotatable bonds is 6. The van der Waals surface area contributed by atoms with Crippen LogP contribution < -0.4 is 11.1 Å². The van der Waals surface area contributed by atoms with Crippen LogP contribution in [0.3, 0.4) is 0 Å². The molecule has 1 amide bonds. The number of alkyl halides is 1. The van der Waals surface area contributed by atoms with Gasteiger partial charge in [-0.1, -0.05) is 6.07 Å². The molecule has 1 fully saturated rings. The summed E-state index contributed by atoms with van der Waals surface area (Å²) in [4.78, 5) is 15.7. The average molecular weight is 381 g/mol. The number of primary amides is 1. The maximum Gasteiger partial charge on any atom is 0.269 e. The van der Waals surface area contributed by atoms with Crippen molar-refractivity contribution in [3.63, 3.8) is 0 Å². The molecule has 0 spiro atoms. The SMILES string of the molecule is Cn1nc(C(N)=O)cc1-c1ccc(NCC2(c3ccccn3)CC(F)C2)nn1. The van der Waals surface area contributed by atoms with Gasteiger partial charge in [0.25, 0.3) is 5.91 Å². The van der Waals surface area contributed by atoms with Gasteiger partial charge in [0.15, 0.2) is 5.69 Å². The fraction of sp³-hybridized carbons (Fsp3) is 0.316. The quantitative estimate of drug-likeness (QED) is 0.674. The normalized spacial score (nSPS) is 21.1. The molecule has 0 aliphatic heterocycles. The van der Waals surface area contributed by atoms with E-state index in [1.165, 1.54) is 4.68 Å². The highest BCUT2D eigenvalue weighted by Crippen LogP contribution is 2.44. The van der Waals surface area contributed by atoms with Crippen molar-refractivity contribution >= 4 is 11.7 Å². The van der Waals surface area contributed by atoms with Gasteiger partial charge in [-0.15, -0.1) is 10.2 Å². The Morgan fingerprint density at radius 3 is 2.71 bits per heavy atom. The molecule has 28 heavy (non-hydrogen) atoms. The Hall–Kier alpha value is -3.36. The zero-order valence-corrected chi connectivity index (χ0v) is 15.3. The van der Waals surface area contributed by atoms with Crippen molar-refractivity contribution in [3.8, 4) is 11.4 Å². The molecule has 1 aliphatic rings. The summed E-state index contributed by atoms with van der Waals surface area (Å²) < 4.78 is 15.2. The van der Waals surface area contributed by atoms with Crippen molar-refractivity contribution in [1.29, 1.82) is 0 Å². The van der Waals surface area contributed by atoms with Gasteiger partial charge in [-0.2, -0.15) is 5.10 Å². The van der Waals surface area contributed by atoms with Gasteiger partial charge in [0.05, 0.1) is 5.69 Å². The minimum absolute atomic E-state index is 0.171. The van der Waals surface area contributed by atoms with E-state index in [9.17, 15) is 9.18 Å². The van der Waals surface area contributed by atoms with Crippen LogP contribution in [-0.4, -0.2) is 43.6 Å². The molecule has 3 heterocycles. The first kappa shape index (κ1) is 18.0. The molecule has 3 aromatic heterocycles. The molecule has 0 radical (unpaired) electrons. The topological polar surface area (TPSA) is 112 Å². The monoisotopic (exact) mass is 381 g/mol. The van der Waals surface area contributed by atoms with E-state index in [0.717, 1.165) is 5.69 Å². The molecule has 0 bridgehead atoms. The summed E-state index contributed by atoms with van der Waals surface area (Å²) in [6, 6.07) is 10.8. The highest BCUT2D eigenvalue weighted by atomic mass is 19.1. The molecule has 4 rings (SSSR count). The van der Waals surface area contributed by atoms with E-state index in [4.69, 9.17) is 5.73 Å². The highest BCUT2D eigenvalue weighted by molar-refractivity contribution is 5.91. The number of nitrogens with zero attached hydrogens (tertiary/aromatic N) is 5. The number of anilines is 1. The molecule has 8 nitrogen and oxygen atoms in total.